The monoisotopic (exact) mass is 347 g/mol. The zero-order valence-electron chi connectivity index (χ0n) is 11.6. The molecule has 1 aromatic heterocycles. The van der Waals surface area contributed by atoms with Crippen molar-refractivity contribution in [2.24, 2.45) is 0 Å². The number of aryl methyl sites for hydroxylation is 1. The van der Waals surface area contributed by atoms with Crippen molar-refractivity contribution >= 4 is 28.0 Å². The number of nitrogens with zero attached hydrogens (tertiary/aromatic N) is 2. The fraction of sp³-hybridized carbons (Fsp3) is 0.583. The number of ether oxygens (including phenoxy) is 1. The first-order valence-electron chi connectivity index (χ1n) is 6.12. The second-order valence-electron chi connectivity index (χ2n) is 5.16. The van der Waals surface area contributed by atoms with Gasteiger partial charge in [0, 0.05) is 19.2 Å². The van der Waals surface area contributed by atoms with Crippen LogP contribution in [0.3, 0.4) is 0 Å². The molecule has 0 saturated heterocycles. The Morgan fingerprint density at radius 2 is 2.15 bits per heavy atom. The number of alkyl carbamates (subject to hydrolysis) is 1. The fourth-order valence-corrected chi connectivity index (χ4v) is 1.87. The van der Waals surface area contributed by atoms with Crippen LogP contribution in [0.4, 0.5) is 4.79 Å². The molecule has 0 aliphatic heterocycles. The number of halogens is 1. The minimum atomic E-state index is -1.04. The van der Waals surface area contributed by atoms with E-state index in [1.54, 1.807) is 20.8 Å². The van der Waals surface area contributed by atoms with Crippen LogP contribution in [0.15, 0.2) is 10.7 Å². The number of rotatable bonds is 5. The number of hydrogen-bond donors (Lipinski definition) is 2. The Bertz CT molecular complexity index is 493. The molecule has 2 N–H and O–H groups in total. The predicted octanol–water partition coefficient (Wildman–Crippen LogP) is 2.26. The zero-order valence-corrected chi connectivity index (χ0v) is 13.2. The lowest BCUT2D eigenvalue weighted by Crippen LogP contribution is -2.33. The van der Waals surface area contributed by atoms with Gasteiger partial charge >= 0.3 is 12.1 Å². The lowest BCUT2D eigenvalue weighted by Gasteiger charge is -2.19. The highest BCUT2D eigenvalue weighted by atomic mass is 79.9. The summed E-state index contributed by atoms with van der Waals surface area (Å²) in [6.07, 6.45) is 0.0609. The van der Waals surface area contributed by atoms with Crippen LogP contribution < -0.4 is 5.32 Å². The Morgan fingerprint density at radius 1 is 1.50 bits per heavy atom. The Hall–Kier alpha value is -1.57. The van der Waals surface area contributed by atoms with Crippen LogP contribution in [0.25, 0.3) is 0 Å². The van der Waals surface area contributed by atoms with Gasteiger partial charge in [0.05, 0.1) is 0 Å². The van der Waals surface area contributed by atoms with Crippen LogP contribution in [-0.2, 0) is 11.3 Å². The van der Waals surface area contributed by atoms with E-state index in [0.717, 1.165) is 0 Å². The Labute approximate surface area is 125 Å². The van der Waals surface area contributed by atoms with E-state index in [-0.39, 0.29) is 5.69 Å². The van der Waals surface area contributed by atoms with Gasteiger partial charge in [0.25, 0.3) is 0 Å². The topological polar surface area (TPSA) is 93.5 Å². The molecule has 0 saturated carbocycles. The van der Waals surface area contributed by atoms with Gasteiger partial charge in [0.2, 0.25) is 0 Å². The third-order valence-electron chi connectivity index (χ3n) is 2.18. The van der Waals surface area contributed by atoms with Crippen molar-refractivity contribution in [3.63, 3.8) is 0 Å². The highest BCUT2D eigenvalue weighted by molar-refractivity contribution is 9.10. The quantitative estimate of drug-likeness (QED) is 0.796. The van der Waals surface area contributed by atoms with Gasteiger partial charge in [-0.05, 0) is 43.1 Å². The van der Waals surface area contributed by atoms with Crippen molar-refractivity contribution in [3.05, 3.63) is 16.4 Å². The first-order valence-corrected chi connectivity index (χ1v) is 6.92. The van der Waals surface area contributed by atoms with Crippen LogP contribution in [0.5, 0.6) is 0 Å². The van der Waals surface area contributed by atoms with Crippen molar-refractivity contribution in [1.29, 1.82) is 0 Å². The van der Waals surface area contributed by atoms with Crippen LogP contribution >= 0.6 is 15.9 Å². The van der Waals surface area contributed by atoms with Gasteiger partial charge in [-0.25, -0.2) is 9.59 Å². The summed E-state index contributed by atoms with van der Waals surface area (Å²) in [5, 5.41) is 15.6. The van der Waals surface area contributed by atoms with Gasteiger partial charge in [-0.15, -0.1) is 0 Å². The molecule has 0 atom stereocenters. The Balaban J connectivity index is 2.38. The third kappa shape index (κ3) is 5.60. The molecule has 7 nitrogen and oxygen atoms in total. The van der Waals surface area contributed by atoms with E-state index in [2.05, 4.69) is 26.3 Å². The van der Waals surface area contributed by atoms with Crippen LogP contribution in [-0.4, -0.2) is 39.1 Å². The number of carbonyl (C=O) groups is 2. The first kappa shape index (κ1) is 16.5. The van der Waals surface area contributed by atoms with Gasteiger partial charge < -0.3 is 15.2 Å². The van der Waals surface area contributed by atoms with Gasteiger partial charge in [-0.2, -0.15) is 5.10 Å². The van der Waals surface area contributed by atoms with Crippen molar-refractivity contribution in [2.75, 3.05) is 6.54 Å². The van der Waals surface area contributed by atoms with Crippen molar-refractivity contribution in [2.45, 2.75) is 39.3 Å². The average Bonchev–Trinajstić information content (AvgIpc) is 2.63. The smallest absolute Gasteiger partial charge is 0.407 e. The highest BCUT2D eigenvalue weighted by Crippen LogP contribution is 2.11. The van der Waals surface area contributed by atoms with Gasteiger partial charge in [0.1, 0.15) is 15.9 Å². The lowest BCUT2D eigenvalue weighted by atomic mass is 10.2. The molecule has 1 amide bonds. The summed E-state index contributed by atoms with van der Waals surface area (Å²) in [5.74, 6) is -1.04. The second-order valence-corrected chi connectivity index (χ2v) is 5.98. The molecule has 0 bridgehead atoms. The summed E-state index contributed by atoms with van der Waals surface area (Å²) in [4.78, 5) is 22.4. The molecule has 0 aliphatic rings. The number of aromatic carboxylic acids is 1. The summed E-state index contributed by atoms with van der Waals surface area (Å²) in [6.45, 7) is 6.13. The zero-order chi connectivity index (χ0) is 15.3. The SMILES string of the molecule is CC(C)(C)OC(=O)NCCCn1nc(Br)cc1C(=O)O. The number of carbonyl (C=O) groups excluding carboxylic acids is 1. The molecule has 0 aromatic carbocycles. The summed E-state index contributed by atoms with van der Waals surface area (Å²) >= 11 is 3.13. The summed E-state index contributed by atoms with van der Waals surface area (Å²) in [5.41, 5.74) is -0.429. The molecular formula is C12H18BrN3O4. The summed E-state index contributed by atoms with van der Waals surface area (Å²) in [7, 11) is 0. The Morgan fingerprint density at radius 3 is 2.70 bits per heavy atom. The molecule has 20 heavy (non-hydrogen) atoms. The van der Waals surface area contributed by atoms with Crippen LogP contribution in [0.1, 0.15) is 37.7 Å². The van der Waals surface area contributed by atoms with E-state index in [9.17, 15) is 9.59 Å². The fourth-order valence-electron chi connectivity index (χ4n) is 1.46. The maximum atomic E-state index is 11.4. The first-order chi connectivity index (χ1) is 9.19. The van der Waals surface area contributed by atoms with E-state index in [0.29, 0.717) is 24.1 Å². The van der Waals surface area contributed by atoms with E-state index in [1.165, 1.54) is 10.7 Å². The molecule has 8 heteroatoms. The number of carboxylic acids is 1. The predicted molar refractivity (Wildman–Crippen MR) is 75.7 cm³/mol. The highest BCUT2D eigenvalue weighted by Gasteiger charge is 2.16. The largest absolute Gasteiger partial charge is 0.477 e. The molecule has 0 aliphatic carbocycles. The van der Waals surface area contributed by atoms with Gasteiger partial charge in [-0.1, -0.05) is 0 Å². The molecule has 1 aromatic rings. The minimum absolute atomic E-state index is 0.106. The number of carboxylic acid groups (broad SMARTS) is 1. The van der Waals surface area contributed by atoms with Crippen molar-refractivity contribution in [1.82, 2.24) is 15.1 Å². The number of aromatic nitrogens is 2. The number of nitrogens with one attached hydrogen (secondary N) is 1. The molecule has 1 heterocycles. The summed E-state index contributed by atoms with van der Waals surface area (Å²) in [6, 6.07) is 1.43. The standard InChI is InChI=1S/C12H18BrN3O4/c1-12(2,3)20-11(19)14-5-4-6-16-8(10(17)18)7-9(13)15-16/h7H,4-6H2,1-3H3,(H,14,19)(H,17,18). The van der Waals surface area contributed by atoms with Crippen molar-refractivity contribution in [3.8, 4) is 0 Å². The lowest BCUT2D eigenvalue weighted by molar-refractivity contribution is 0.0525. The number of amides is 1. The normalized spacial score (nSPS) is 11.2. The molecule has 0 spiro atoms. The summed E-state index contributed by atoms with van der Waals surface area (Å²) < 4.78 is 6.93. The third-order valence-corrected chi connectivity index (χ3v) is 2.57. The molecular weight excluding hydrogens is 330 g/mol. The molecule has 1 rings (SSSR count). The van der Waals surface area contributed by atoms with E-state index in [1.807, 2.05) is 0 Å². The minimum Gasteiger partial charge on any atom is -0.477 e. The number of hydrogen-bond acceptors (Lipinski definition) is 4. The maximum Gasteiger partial charge on any atom is 0.407 e. The van der Waals surface area contributed by atoms with Gasteiger partial charge in [-0.3, -0.25) is 4.68 Å². The van der Waals surface area contributed by atoms with Crippen molar-refractivity contribution < 1.29 is 19.4 Å². The van der Waals surface area contributed by atoms with E-state index < -0.39 is 17.7 Å². The van der Waals surface area contributed by atoms with E-state index in [4.69, 9.17) is 9.84 Å². The van der Waals surface area contributed by atoms with Crippen LogP contribution in [0, 0.1) is 0 Å². The maximum absolute atomic E-state index is 11.4. The average molecular weight is 348 g/mol. The van der Waals surface area contributed by atoms with Gasteiger partial charge in [0.15, 0.2) is 0 Å². The second kappa shape index (κ2) is 6.74. The van der Waals surface area contributed by atoms with Crippen LogP contribution in [0.2, 0.25) is 0 Å². The molecule has 0 fully saturated rings. The van der Waals surface area contributed by atoms with E-state index >= 15 is 0 Å². The molecule has 0 radical (unpaired) electrons. The Kier molecular flexibility index (Phi) is 5.55. The molecule has 0 unspecified atom stereocenters. The molecule has 112 valence electrons.